The Bertz CT molecular complexity index is 340. The lowest BCUT2D eigenvalue weighted by atomic mass is 9.94. The first kappa shape index (κ1) is 17.7. The molecule has 1 aliphatic carbocycles. The molecule has 0 spiro atoms. The zero-order valence-electron chi connectivity index (χ0n) is 10.8. The molecule has 0 radical (unpaired) electrons. The van der Waals surface area contributed by atoms with Crippen molar-refractivity contribution in [1.29, 1.82) is 0 Å². The molecule has 18 heavy (non-hydrogen) atoms. The van der Waals surface area contributed by atoms with Crippen LogP contribution in [0, 0.1) is 0 Å². The van der Waals surface area contributed by atoms with Crippen molar-refractivity contribution in [3.05, 3.63) is 0 Å². The molecule has 0 saturated heterocycles. The standard InChI is InChI=1S/C9H20N.CHF3O3S/c1-10(2,3)9-7-5-4-6-8-9;2-1(3,4)8(5,6)7/h9H,4-8H2,1-3H3;(H,5,6,7)/q+1;/p-1. The molecule has 0 heterocycles. The summed E-state index contributed by atoms with van der Waals surface area (Å²) in [5, 5.41) is 0. The highest BCUT2D eigenvalue weighted by Crippen LogP contribution is 2.23. The van der Waals surface area contributed by atoms with E-state index in [1.807, 2.05) is 0 Å². The van der Waals surface area contributed by atoms with Gasteiger partial charge >= 0.3 is 5.51 Å². The Labute approximate surface area is 106 Å². The smallest absolute Gasteiger partial charge is 0.485 e. The number of rotatable bonds is 1. The highest BCUT2D eigenvalue weighted by Gasteiger charge is 2.36. The van der Waals surface area contributed by atoms with Crippen LogP contribution in [0.4, 0.5) is 13.2 Å². The number of nitrogens with zero attached hydrogens (tertiary/aromatic N) is 1. The van der Waals surface area contributed by atoms with Gasteiger partial charge in [0.15, 0.2) is 10.1 Å². The maximum atomic E-state index is 10.7. The first-order valence-electron chi connectivity index (χ1n) is 5.69. The SMILES string of the molecule is C[N+](C)(C)C1CCCCC1.O=S(=O)([O-])C(F)(F)F. The van der Waals surface area contributed by atoms with Crippen molar-refractivity contribution >= 4 is 10.1 Å². The van der Waals surface area contributed by atoms with Crippen molar-refractivity contribution in [2.45, 2.75) is 43.7 Å². The highest BCUT2D eigenvalue weighted by molar-refractivity contribution is 7.86. The molecule has 0 N–H and O–H groups in total. The maximum Gasteiger partial charge on any atom is 0.485 e. The second-order valence-electron chi connectivity index (χ2n) is 5.31. The fourth-order valence-electron chi connectivity index (χ4n) is 1.86. The molecule has 1 rings (SSSR count). The van der Waals surface area contributed by atoms with Crippen LogP contribution in [0.2, 0.25) is 0 Å². The Morgan fingerprint density at radius 2 is 1.39 bits per heavy atom. The van der Waals surface area contributed by atoms with Gasteiger partial charge in [-0.3, -0.25) is 0 Å². The molecule has 1 saturated carbocycles. The fourth-order valence-corrected chi connectivity index (χ4v) is 1.86. The number of hydrogen-bond donors (Lipinski definition) is 0. The second-order valence-corrected chi connectivity index (χ2v) is 6.68. The van der Waals surface area contributed by atoms with Crippen LogP contribution in [-0.4, -0.2) is 50.1 Å². The van der Waals surface area contributed by atoms with E-state index in [2.05, 4.69) is 21.1 Å². The van der Waals surface area contributed by atoms with Crippen molar-refractivity contribution in [3.8, 4) is 0 Å². The topological polar surface area (TPSA) is 57.2 Å². The minimum absolute atomic E-state index is 0.939. The van der Waals surface area contributed by atoms with Crippen molar-refractivity contribution in [2.24, 2.45) is 0 Å². The molecule has 0 bridgehead atoms. The molecular weight excluding hydrogens is 271 g/mol. The molecule has 0 aromatic heterocycles. The van der Waals surface area contributed by atoms with E-state index in [4.69, 9.17) is 13.0 Å². The van der Waals surface area contributed by atoms with Crippen molar-refractivity contribution in [3.63, 3.8) is 0 Å². The normalized spacial score (nSPS) is 19.1. The summed E-state index contributed by atoms with van der Waals surface area (Å²) in [5.74, 6) is 0. The van der Waals surface area contributed by atoms with Gasteiger partial charge in [-0.15, -0.1) is 0 Å². The fraction of sp³-hybridized carbons (Fsp3) is 1.00. The minimum Gasteiger partial charge on any atom is -0.741 e. The second kappa shape index (κ2) is 6.21. The molecule has 0 amide bonds. The van der Waals surface area contributed by atoms with Gasteiger partial charge in [0, 0.05) is 0 Å². The lowest BCUT2D eigenvalue weighted by molar-refractivity contribution is -0.897. The number of alkyl halides is 3. The monoisotopic (exact) mass is 291 g/mol. The summed E-state index contributed by atoms with van der Waals surface area (Å²) in [6.45, 7) is 0. The van der Waals surface area contributed by atoms with Gasteiger partial charge in [0.05, 0.1) is 27.2 Å². The largest absolute Gasteiger partial charge is 0.741 e. The summed E-state index contributed by atoms with van der Waals surface area (Å²) in [6.07, 6.45) is 7.28. The van der Waals surface area contributed by atoms with Gasteiger partial charge in [-0.1, -0.05) is 6.42 Å². The van der Waals surface area contributed by atoms with Crippen molar-refractivity contribution < 1.29 is 30.6 Å². The lowest BCUT2D eigenvalue weighted by Crippen LogP contribution is -2.45. The minimum atomic E-state index is -6.09. The van der Waals surface area contributed by atoms with Crippen LogP contribution in [0.25, 0.3) is 0 Å². The molecule has 0 aliphatic heterocycles. The Morgan fingerprint density at radius 3 is 1.56 bits per heavy atom. The summed E-state index contributed by atoms with van der Waals surface area (Å²) in [6, 6.07) is 0.939. The van der Waals surface area contributed by atoms with E-state index in [1.54, 1.807) is 0 Å². The Hall–Kier alpha value is -0.340. The van der Waals surface area contributed by atoms with Crippen LogP contribution in [0.5, 0.6) is 0 Å². The molecule has 0 unspecified atom stereocenters. The molecule has 1 aliphatic rings. The predicted molar refractivity (Wildman–Crippen MR) is 60.7 cm³/mol. The Kier molecular flexibility index (Phi) is 6.09. The van der Waals surface area contributed by atoms with Crippen molar-refractivity contribution in [2.75, 3.05) is 21.1 Å². The average molecular weight is 291 g/mol. The van der Waals surface area contributed by atoms with Crippen LogP contribution < -0.4 is 0 Å². The molecule has 1 fully saturated rings. The molecule has 8 heteroatoms. The quantitative estimate of drug-likeness (QED) is 0.422. The predicted octanol–water partition coefficient (Wildman–Crippen LogP) is 2.08. The van der Waals surface area contributed by atoms with E-state index in [0.717, 1.165) is 6.04 Å². The van der Waals surface area contributed by atoms with E-state index in [1.165, 1.54) is 36.6 Å². The van der Waals surface area contributed by atoms with E-state index in [9.17, 15) is 13.2 Å². The molecule has 110 valence electrons. The average Bonchev–Trinajstić information content (AvgIpc) is 2.15. The van der Waals surface area contributed by atoms with E-state index in [0.29, 0.717) is 0 Å². The van der Waals surface area contributed by atoms with Crippen LogP contribution in [-0.2, 0) is 10.1 Å². The molecule has 4 nitrogen and oxygen atoms in total. The summed E-state index contributed by atoms with van der Waals surface area (Å²) < 4.78 is 60.1. The van der Waals surface area contributed by atoms with Gasteiger partial charge in [-0.05, 0) is 25.7 Å². The molecular formula is C10H20F3NO3S. The van der Waals surface area contributed by atoms with Crippen molar-refractivity contribution in [1.82, 2.24) is 0 Å². The first-order valence-corrected chi connectivity index (χ1v) is 7.10. The van der Waals surface area contributed by atoms with Gasteiger partial charge in [-0.25, -0.2) is 8.42 Å². The molecule has 0 atom stereocenters. The Balaban J connectivity index is 0.000000331. The third-order valence-electron chi connectivity index (χ3n) is 2.95. The number of halogens is 3. The van der Waals surface area contributed by atoms with E-state index >= 15 is 0 Å². The van der Waals surface area contributed by atoms with Crippen LogP contribution in [0.1, 0.15) is 32.1 Å². The van der Waals surface area contributed by atoms with Crippen LogP contribution in [0.15, 0.2) is 0 Å². The maximum absolute atomic E-state index is 10.7. The summed E-state index contributed by atoms with van der Waals surface area (Å²) in [5.41, 5.74) is -5.65. The van der Waals surface area contributed by atoms with Gasteiger partial charge in [-0.2, -0.15) is 13.2 Å². The van der Waals surface area contributed by atoms with Gasteiger partial charge in [0.25, 0.3) is 0 Å². The van der Waals surface area contributed by atoms with E-state index in [-0.39, 0.29) is 0 Å². The third kappa shape index (κ3) is 6.55. The number of hydrogen-bond acceptors (Lipinski definition) is 3. The number of quaternary nitrogens is 1. The molecule has 0 aromatic rings. The zero-order valence-corrected chi connectivity index (χ0v) is 11.6. The Morgan fingerprint density at radius 1 is 1.06 bits per heavy atom. The van der Waals surface area contributed by atoms with Gasteiger partial charge in [0.1, 0.15) is 0 Å². The van der Waals surface area contributed by atoms with Crippen LogP contribution >= 0.6 is 0 Å². The zero-order chi connectivity index (χ0) is 14.6. The van der Waals surface area contributed by atoms with Gasteiger partial charge in [0.2, 0.25) is 0 Å². The first-order chi connectivity index (χ1) is 7.86. The van der Waals surface area contributed by atoms with Crippen LogP contribution in [0.3, 0.4) is 0 Å². The lowest BCUT2D eigenvalue weighted by Gasteiger charge is -2.36. The summed E-state index contributed by atoms with van der Waals surface area (Å²) in [7, 11) is 0.856. The molecule has 0 aromatic carbocycles. The highest BCUT2D eigenvalue weighted by atomic mass is 32.2. The summed E-state index contributed by atoms with van der Waals surface area (Å²) >= 11 is 0. The van der Waals surface area contributed by atoms with E-state index < -0.39 is 15.6 Å². The third-order valence-corrected chi connectivity index (χ3v) is 3.52. The summed E-state index contributed by atoms with van der Waals surface area (Å²) in [4.78, 5) is 0. The van der Waals surface area contributed by atoms with Gasteiger partial charge < -0.3 is 9.04 Å².